The van der Waals surface area contributed by atoms with E-state index >= 15 is 0 Å². The molecule has 2 aliphatic rings. The maximum Gasteiger partial charge on any atom is 0.0217 e. The van der Waals surface area contributed by atoms with Crippen molar-refractivity contribution in [3.63, 3.8) is 0 Å². The lowest BCUT2D eigenvalue weighted by Gasteiger charge is -2.48. The summed E-state index contributed by atoms with van der Waals surface area (Å²) in [7, 11) is 4.45. The Kier molecular flexibility index (Phi) is 4.83. The van der Waals surface area contributed by atoms with Crippen LogP contribution in [0, 0.1) is 5.92 Å². The molecule has 1 heterocycles. The fourth-order valence-electron chi connectivity index (χ4n) is 3.31. The fourth-order valence-corrected chi connectivity index (χ4v) is 3.31. The van der Waals surface area contributed by atoms with Gasteiger partial charge in [0.05, 0.1) is 0 Å². The number of nitrogens with one attached hydrogen (secondary N) is 1. The van der Waals surface area contributed by atoms with E-state index in [9.17, 15) is 0 Å². The van der Waals surface area contributed by atoms with Gasteiger partial charge in [0.2, 0.25) is 0 Å². The maximum absolute atomic E-state index is 3.52. The van der Waals surface area contributed by atoms with Gasteiger partial charge in [-0.2, -0.15) is 0 Å². The zero-order valence-corrected chi connectivity index (χ0v) is 11.8. The topological polar surface area (TPSA) is 18.5 Å². The van der Waals surface area contributed by atoms with Crippen LogP contribution in [0.25, 0.3) is 0 Å². The summed E-state index contributed by atoms with van der Waals surface area (Å²) < 4.78 is 0. The summed E-state index contributed by atoms with van der Waals surface area (Å²) in [5.74, 6) is 0.913. The van der Waals surface area contributed by atoms with Gasteiger partial charge in [-0.3, -0.25) is 4.90 Å². The van der Waals surface area contributed by atoms with Crippen LogP contribution in [0.5, 0.6) is 0 Å². The minimum Gasteiger partial charge on any atom is -0.317 e. The summed E-state index contributed by atoms with van der Waals surface area (Å²) in [4.78, 5) is 5.17. The Morgan fingerprint density at radius 2 is 2.06 bits per heavy atom. The van der Waals surface area contributed by atoms with E-state index in [1.54, 1.807) is 0 Å². The van der Waals surface area contributed by atoms with Gasteiger partial charge in [-0.25, -0.2) is 0 Å². The van der Waals surface area contributed by atoms with Crippen molar-refractivity contribution in [2.24, 2.45) is 5.92 Å². The molecule has 2 fully saturated rings. The molecule has 2 rings (SSSR count). The highest BCUT2D eigenvalue weighted by atomic mass is 15.2. The van der Waals surface area contributed by atoms with Crippen molar-refractivity contribution in [1.82, 2.24) is 15.1 Å². The van der Waals surface area contributed by atoms with Gasteiger partial charge in [0.1, 0.15) is 0 Å². The van der Waals surface area contributed by atoms with Crippen molar-refractivity contribution in [3.05, 3.63) is 0 Å². The molecule has 3 atom stereocenters. The summed E-state index contributed by atoms with van der Waals surface area (Å²) in [5.41, 5.74) is 0. The van der Waals surface area contributed by atoms with Crippen molar-refractivity contribution in [3.8, 4) is 0 Å². The molecule has 1 aliphatic carbocycles. The third-order valence-corrected chi connectivity index (χ3v) is 4.66. The fraction of sp³-hybridized carbons (Fsp3) is 1.00. The molecular formula is C14H29N3. The first kappa shape index (κ1) is 13.3. The van der Waals surface area contributed by atoms with Gasteiger partial charge in [0, 0.05) is 18.6 Å². The number of rotatable bonds is 5. The second-order valence-corrected chi connectivity index (χ2v) is 5.97. The number of likely N-dealkylation sites (tertiary alicyclic amines) is 1. The van der Waals surface area contributed by atoms with Crippen molar-refractivity contribution < 1.29 is 0 Å². The second kappa shape index (κ2) is 6.17. The Morgan fingerprint density at radius 3 is 2.65 bits per heavy atom. The predicted molar refractivity (Wildman–Crippen MR) is 73.3 cm³/mol. The van der Waals surface area contributed by atoms with Crippen LogP contribution >= 0.6 is 0 Å². The Hall–Kier alpha value is -0.120. The lowest BCUT2D eigenvalue weighted by atomic mass is 9.77. The molecule has 1 aliphatic heterocycles. The van der Waals surface area contributed by atoms with Gasteiger partial charge in [-0.05, 0) is 65.3 Å². The average Bonchev–Trinajstić information content (AvgIpc) is 2.28. The molecule has 3 heteroatoms. The summed E-state index contributed by atoms with van der Waals surface area (Å²) in [5, 5.41) is 3.52. The first-order valence-electron chi connectivity index (χ1n) is 7.33. The Morgan fingerprint density at radius 1 is 1.24 bits per heavy atom. The quantitative estimate of drug-likeness (QED) is 0.782. The van der Waals surface area contributed by atoms with Crippen LogP contribution in [0.1, 0.15) is 32.6 Å². The van der Waals surface area contributed by atoms with Gasteiger partial charge < -0.3 is 10.2 Å². The zero-order chi connectivity index (χ0) is 12.3. The van der Waals surface area contributed by atoms with Crippen LogP contribution in [-0.2, 0) is 0 Å². The van der Waals surface area contributed by atoms with Crippen molar-refractivity contribution in [2.45, 2.75) is 44.7 Å². The SMILES string of the molecule is CCNCC1CCC1N1CCCC(N(C)C)C1. The van der Waals surface area contributed by atoms with Crippen LogP contribution in [0.3, 0.4) is 0 Å². The maximum atomic E-state index is 3.52. The van der Waals surface area contributed by atoms with Crippen molar-refractivity contribution >= 4 is 0 Å². The molecular weight excluding hydrogens is 210 g/mol. The van der Waals surface area contributed by atoms with Crippen LogP contribution in [0.15, 0.2) is 0 Å². The van der Waals surface area contributed by atoms with E-state index in [-0.39, 0.29) is 0 Å². The first-order chi connectivity index (χ1) is 8.22. The molecule has 0 aromatic heterocycles. The molecule has 0 bridgehead atoms. The van der Waals surface area contributed by atoms with E-state index in [1.165, 1.54) is 45.3 Å². The van der Waals surface area contributed by atoms with Crippen LogP contribution < -0.4 is 5.32 Å². The average molecular weight is 239 g/mol. The number of hydrogen-bond acceptors (Lipinski definition) is 3. The predicted octanol–water partition coefficient (Wildman–Crippen LogP) is 1.40. The Balaban J connectivity index is 1.81. The Bertz CT molecular complexity index is 230. The highest BCUT2D eigenvalue weighted by Crippen LogP contribution is 2.33. The monoisotopic (exact) mass is 239 g/mol. The molecule has 3 unspecified atom stereocenters. The molecule has 1 saturated carbocycles. The molecule has 100 valence electrons. The zero-order valence-electron chi connectivity index (χ0n) is 11.8. The molecule has 0 aromatic rings. The van der Waals surface area contributed by atoms with E-state index < -0.39 is 0 Å². The molecule has 0 spiro atoms. The van der Waals surface area contributed by atoms with Crippen LogP contribution in [0.4, 0.5) is 0 Å². The number of likely N-dealkylation sites (N-methyl/N-ethyl adjacent to an activating group) is 1. The molecule has 3 nitrogen and oxygen atoms in total. The summed E-state index contributed by atoms with van der Waals surface area (Å²) in [6.07, 6.45) is 5.62. The van der Waals surface area contributed by atoms with Crippen molar-refractivity contribution in [2.75, 3.05) is 40.3 Å². The highest BCUT2D eigenvalue weighted by molar-refractivity contribution is 4.93. The van der Waals surface area contributed by atoms with E-state index in [0.717, 1.165) is 24.5 Å². The van der Waals surface area contributed by atoms with E-state index in [1.807, 2.05) is 0 Å². The minimum atomic E-state index is 0.782. The summed E-state index contributed by atoms with van der Waals surface area (Å²) in [6, 6.07) is 1.65. The van der Waals surface area contributed by atoms with Gasteiger partial charge in [-0.15, -0.1) is 0 Å². The minimum absolute atomic E-state index is 0.782. The van der Waals surface area contributed by atoms with E-state index in [4.69, 9.17) is 0 Å². The second-order valence-electron chi connectivity index (χ2n) is 5.97. The lowest BCUT2D eigenvalue weighted by molar-refractivity contribution is 0.0201. The van der Waals surface area contributed by atoms with Gasteiger partial charge in [0.15, 0.2) is 0 Å². The smallest absolute Gasteiger partial charge is 0.0217 e. The standard InChI is InChI=1S/C14H29N3/c1-4-15-10-12-7-8-14(12)17-9-5-6-13(11-17)16(2)3/h12-15H,4-11H2,1-3H3. The Labute approximate surface area is 107 Å². The third kappa shape index (κ3) is 3.21. The molecule has 0 amide bonds. The summed E-state index contributed by atoms with van der Waals surface area (Å²) >= 11 is 0. The molecule has 1 N–H and O–H groups in total. The molecule has 17 heavy (non-hydrogen) atoms. The molecule has 1 saturated heterocycles. The molecule has 0 radical (unpaired) electrons. The number of nitrogens with zero attached hydrogens (tertiary/aromatic N) is 2. The largest absolute Gasteiger partial charge is 0.317 e. The van der Waals surface area contributed by atoms with Gasteiger partial charge >= 0.3 is 0 Å². The third-order valence-electron chi connectivity index (χ3n) is 4.66. The van der Waals surface area contributed by atoms with Crippen LogP contribution in [0.2, 0.25) is 0 Å². The highest BCUT2D eigenvalue weighted by Gasteiger charge is 2.37. The number of piperidine rings is 1. The van der Waals surface area contributed by atoms with E-state index in [2.05, 4.69) is 36.1 Å². The molecule has 0 aromatic carbocycles. The van der Waals surface area contributed by atoms with Crippen LogP contribution in [-0.4, -0.2) is 62.2 Å². The van der Waals surface area contributed by atoms with Gasteiger partial charge in [0.25, 0.3) is 0 Å². The lowest BCUT2D eigenvalue weighted by Crippen LogP contribution is -2.56. The normalized spacial score (nSPS) is 34.9. The number of hydrogen-bond donors (Lipinski definition) is 1. The van der Waals surface area contributed by atoms with Crippen molar-refractivity contribution in [1.29, 1.82) is 0 Å². The van der Waals surface area contributed by atoms with Gasteiger partial charge in [-0.1, -0.05) is 6.92 Å². The summed E-state index contributed by atoms with van der Waals surface area (Å²) in [6.45, 7) is 7.17. The van der Waals surface area contributed by atoms with E-state index in [0.29, 0.717) is 0 Å². The first-order valence-corrected chi connectivity index (χ1v) is 7.33.